The smallest absolute Gasteiger partial charge is 0.220 e. The molecule has 3 atom stereocenters. The standard InChI is InChI=1S/C22H36N2O2/c1-13-4-3-5-19(14(13)2)23-20(25)6-7-21(26)24-22-17-9-15-8-16(11-17)12-18(22)10-15/h13-19,22H,3-12H2,1-2H3,(H,23,25)(H,24,26)/t13-,14-,15?,16?,17?,18?,19+,22?/m1/s1. The Morgan fingerprint density at radius 3 is 2.00 bits per heavy atom. The van der Waals surface area contributed by atoms with E-state index in [2.05, 4.69) is 24.5 Å². The van der Waals surface area contributed by atoms with Crippen LogP contribution >= 0.6 is 0 Å². The van der Waals surface area contributed by atoms with Gasteiger partial charge in [-0.3, -0.25) is 9.59 Å². The van der Waals surface area contributed by atoms with E-state index in [1.165, 1.54) is 44.9 Å². The summed E-state index contributed by atoms with van der Waals surface area (Å²) >= 11 is 0. The Kier molecular flexibility index (Phi) is 5.29. The van der Waals surface area contributed by atoms with E-state index in [-0.39, 0.29) is 11.8 Å². The molecule has 0 radical (unpaired) electrons. The fourth-order valence-corrected chi connectivity index (χ4v) is 6.71. The summed E-state index contributed by atoms with van der Waals surface area (Å²) in [5.41, 5.74) is 0. The fraction of sp³-hybridized carbons (Fsp3) is 0.909. The lowest BCUT2D eigenvalue weighted by molar-refractivity contribution is -0.129. The summed E-state index contributed by atoms with van der Waals surface area (Å²) < 4.78 is 0. The third-order valence-corrected chi connectivity index (χ3v) is 8.19. The molecule has 0 aromatic carbocycles. The third kappa shape index (κ3) is 3.80. The van der Waals surface area contributed by atoms with Crippen LogP contribution in [0, 0.1) is 35.5 Å². The van der Waals surface area contributed by atoms with Crippen molar-refractivity contribution < 1.29 is 9.59 Å². The highest BCUT2D eigenvalue weighted by Gasteiger charge is 2.48. The molecule has 5 fully saturated rings. The average molecular weight is 361 g/mol. The number of carbonyl (C=O) groups is 2. The zero-order chi connectivity index (χ0) is 18.3. The van der Waals surface area contributed by atoms with Crippen LogP contribution in [0.3, 0.4) is 0 Å². The van der Waals surface area contributed by atoms with Gasteiger partial charge in [-0.2, -0.15) is 0 Å². The third-order valence-electron chi connectivity index (χ3n) is 8.19. The van der Waals surface area contributed by atoms with Crippen molar-refractivity contribution in [3.8, 4) is 0 Å². The molecule has 5 rings (SSSR count). The molecule has 0 aromatic heterocycles. The minimum Gasteiger partial charge on any atom is -0.353 e. The summed E-state index contributed by atoms with van der Waals surface area (Å²) in [5, 5.41) is 6.51. The summed E-state index contributed by atoms with van der Waals surface area (Å²) in [7, 11) is 0. The number of amides is 2. The van der Waals surface area contributed by atoms with Gasteiger partial charge in [-0.25, -0.2) is 0 Å². The first-order valence-corrected chi connectivity index (χ1v) is 11.1. The topological polar surface area (TPSA) is 58.2 Å². The molecule has 0 unspecified atom stereocenters. The first kappa shape index (κ1) is 18.3. The SMILES string of the molecule is C[C@@H]1[C@H](C)CCC[C@@H]1NC(=O)CCC(=O)NC1C2CC3CC(C2)CC1C3. The average Bonchev–Trinajstić information content (AvgIpc) is 2.60. The number of rotatable bonds is 5. The molecule has 2 N–H and O–H groups in total. The maximum absolute atomic E-state index is 12.5. The number of nitrogens with one attached hydrogen (secondary N) is 2. The van der Waals surface area contributed by atoms with E-state index in [0.717, 1.165) is 18.3 Å². The van der Waals surface area contributed by atoms with Crippen molar-refractivity contribution >= 4 is 11.8 Å². The van der Waals surface area contributed by atoms with Crippen LogP contribution in [0.25, 0.3) is 0 Å². The number of carbonyl (C=O) groups excluding carboxylic acids is 2. The van der Waals surface area contributed by atoms with Gasteiger partial charge >= 0.3 is 0 Å². The molecule has 4 heteroatoms. The first-order chi connectivity index (χ1) is 12.5. The molecule has 5 aliphatic carbocycles. The molecule has 5 saturated carbocycles. The van der Waals surface area contributed by atoms with Crippen molar-refractivity contribution in [1.29, 1.82) is 0 Å². The summed E-state index contributed by atoms with van der Waals surface area (Å²) in [6.07, 6.45) is 10.9. The molecule has 0 spiro atoms. The second-order valence-corrected chi connectivity index (χ2v) is 9.97. The molecule has 0 saturated heterocycles. The van der Waals surface area contributed by atoms with Crippen LogP contribution in [0.2, 0.25) is 0 Å². The van der Waals surface area contributed by atoms with Crippen molar-refractivity contribution in [2.75, 3.05) is 0 Å². The maximum atomic E-state index is 12.5. The van der Waals surface area contributed by atoms with Gasteiger partial charge in [-0.05, 0) is 74.0 Å². The fourth-order valence-electron chi connectivity index (χ4n) is 6.71. The van der Waals surface area contributed by atoms with Crippen molar-refractivity contribution in [2.45, 2.75) is 90.1 Å². The van der Waals surface area contributed by atoms with Gasteiger partial charge in [0.05, 0.1) is 0 Å². The predicted octanol–water partition coefficient (Wildman–Crippen LogP) is 3.65. The zero-order valence-electron chi connectivity index (χ0n) is 16.5. The van der Waals surface area contributed by atoms with E-state index in [1.807, 2.05) is 0 Å². The van der Waals surface area contributed by atoms with E-state index in [4.69, 9.17) is 0 Å². The van der Waals surface area contributed by atoms with E-state index >= 15 is 0 Å². The molecular weight excluding hydrogens is 324 g/mol. The summed E-state index contributed by atoms with van der Waals surface area (Å²) in [6, 6.07) is 0.677. The molecule has 146 valence electrons. The van der Waals surface area contributed by atoms with Gasteiger partial charge in [-0.15, -0.1) is 0 Å². The van der Waals surface area contributed by atoms with Crippen molar-refractivity contribution in [1.82, 2.24) is 10.6 Å². The largest absolute Gasteiger partial charge is 0.353 e. The first-order valence-electron chi connectivity index (χ1n) is 11.1. The van der Waals surface area contributed by atoms with Crippen LogP contribution < -0.4 is 10.6 Å². The van der Waals surface area contributed by atoms with E-state index in [0.29, 0.717) is 48.6 Å². The number of hydrogen-bond donors (Lipinski definition) is 2. The lowest BCUT2D eigenvalue weighted by atomic mass is 9.54. The van der Waals surface area contributed by atoms with E-state index in [1.54, 1.807) is 0 Å². The second-order valence-electron chi connectivity index (χ2n) is 9.97. The van der Waals surface area contributed by atoms with Crippen molar-refractivity contribution in [3.63, 3.8) is 0 Å². The van der Waals surface area contributed by atoms with E-state index < -0.39 is 0 Å². The van der Waals surface area contributed by atoms with Gasteiger partial charge in [0.25, 0.3) is 0 Å². The van der Waals surface area contributed by atoms with Crippen LogP contribution in [0.15, 0.2) is 0 Å². The quantitative estimate of drug-likeness (QED) is 0.786. The zero-order valence-corrected chi connectivity index (χ0v) is 16.5. The van der Waals surface area contributed by atoms with Crippen molar-refractivity contribution in [3.05, 3.63) is 0 Å². The number of hydrogen-bond acceptors (Lipinski definition) is 2. The normalized spacial score (nSPS) is 43.9. The van der Waals surface area contributed by atoms with Gasteiger partial charge in [0.1, 0.15) is 0 Å². The minimum atomic E-state index is 0.0520. The Balaban J connectivity index is 1.21. The highest BCUT2D eigenvalue weighted by Crippen LogP contribution is 2.53. The Bertz CT molecular complexity index is 518. The second kappa shape index (κ2) is 7.52. The Hall–Kier alpha value is -1.06. The van der Waals surface area contributed by atoms with E-state index in [9.17, 15) is 9.59 Å². The molecule has 0 aliphatic heterocycles. The molecule has 4 nitrogen and oxygen atoms in total. The monoisotopic (exact) mass is 360 g/mol. The molecule has 4 bridgehead atoms. The minimum absolute atomic E-state index is 0.0520. The van der Waals surface area contributed by atoms with Crippen molar-refractivity contribution in [2.24, 2.45) is 35.5 Å². The van der Waals surface area contributed by atoms with Gasteiger partial charge in [0, 0.05) is 24.9 Å². The van der Waals surface area contributed by atoms with Crippen LogP contribution in [-0.2, 0) is 9.59 Å². The van der Waals surface area contributed by atoms with Crippen LogP contribution in [0.5, 0.6) is 0 Å². The maximum Gasteiger partial charge on any atom is 0.220 e. The summed E-state index contributed by atoms with van der Waals surface area (Å²) in [5.74, 6) is 4.61. The molecular formula is C22H36N2O2. The molecule has 26 heavy (non-hydrogen) atoms. The highest BCUT2D eigenvalue weighted by molar-refractivity contribution is 5.84. The molecule has 0 heterocycles. The molecule has 5 aliphatic rings. The summed E-state index contributed by atoms with van der Waals surface area (Å²) in [4.78, 5) is 24.8. The van der Waals surface area contributed by atoms with Gasteiger partial charge < -0.3 is 10.6 Å². The lowest BCUT2D eigenvalue weighted by Crippen LogP contribution is -2.55. The van der Waals surface area contributed by atoms with Gasteiger partial charge in [0.2, 0.25) is 11.8 Å². The highest BCUT2D eigenvalue weighted by atomic mass is 16.2. The predicted molar refractivity (Wildman–Crippen MR) is 102 cm³/mol. The molecule has 0 aromatic rings. The van der Waals surface area contributed by atoms with Crippen LogP contribution in [0.4, 0.5) is 0 Å². The molecule has 2 amide bonds. The van der Waals surface area contributed by atoms with Crippen LogP contribution in [0.1, 0.15) is 78.1 Å². The Labute approximate surface area is 158 Å². The Morgan fingerprint density at radius 2 is 1.38 bits per heavy atom. The lowest BCUT2D eigenvalue weighted by Gasteiger charge is -2.54. The Morgan fingerprint density at radius 1 is 0.808 bits per heavy atom. The van der Waals surface area contributed by atoms with Gasteiger partial charge in [0.15, 0.2) is 0 Å². The van der Waals surface area contributed by atoms with Gasteiger partial charge in [-0.1, -0.05) is 26.7 Å². The summed E-state index contributed by atoms with van der Waals surface area (Å²) in [6.45, 7) is 4.52. The van der Waals surface area contributed by atoms with Crippen LogP contribution in [-0.4, -0.2) is 23.9 Å².